The molecule has 1 aromatic rings. The van der Waals surface area contributed by atoms with Crippen LogP contribution in [0.15, 0.2) is 18.2 Å². The smallest absolute Gasteiger partial charge is 0.146 e. The highest BCUT2D eigenvalue weighted by molar-refractivity contribution is 5.47. The van der Waals surface area contributed by atoms with E-state index in [0.717, 1.165) is 5.56 Å². The van der Waals surface area contributed by atoms with Crippen molar-refractivity contribution in [3.63, 3.8) is 0 Å². The molecule has 0 amide bonds. The fraction of sp³-hybridized carbons (Fsp3) is 0.455. The Balaban J connectivity index is 2.89. The monoisotopic (exact) mass is 197 g/mol. The van der Waals surface area contributed by atoms with E-state index in [1.54, 1.807) is 32.0 Å². The minimum Gasteiger partial charge on any atom is -0.393 e. The molecule has 1 N–H and O–H groups in total. The Bertz CT molecular complexity index is 310. The Morgan fingerprint density at radius 2 is 2.07 bits per heavy atom. The highest BCUT2D eigenvalue weighted by atomic mass is 19.1. The van der Waals surface area contributed by atoms with Crippen molar-refractivity contribution in [2.45, 2.75) is 19.4 Å². The van der Waals surface area contributed by atoms with E-state index in [0.29, 0.717) is 12.1 Å². The van der Waals surface area contributed by atoms with Gasteiger partial charge in [0.15, 0.2) is 0 Å². The summed E-state index contributed by atoms with van der Waals surface area (Å²) in [7, 11) is 3.60. The van der Waals surface area contributed by atoms with Gasteiger partial charge in [0.05, 0.1) is 11.8 Å². The van der Waals surface area contributed by atoms with Crippen molar-refractivity contribution >= 4 is 5.69 Å². The van der Waals surface area contributed by atoms with Gasteiger partial charge in [-0.2, -0.15) is 0 Å². The first-order valence-electron chi connectivity index (χ1n) is 4.64. The molecular weight excluding hydrogens is 181 g/mol. The van der Waals surface area contributed by atoms with E-state index in [9.17, 15) is 4.39 Å². The zero-order valence-electron chi connectivity index (χ0n) is 8.79. The summed E-state index contributed by atoms with van der Waals surface area (Å²) in [4.78, 5) is 1.72. The maximum absolute atomic E-state index is 13.4. The van der Waals surface area contributed by atoms with E-state index in [2.05, 4.69) is 0 Å². The van der Waals surface area contributed by atoms with Gasteiger partial charge in [-0.1, -0.05) is 6.07 Å². The molecule has 0 radical (unpaired) electrons. The number of anilines is 1. The minimum atomic E-state index is -0.431. The lowest BCUT2D eigenvalue weighted by Crippen LogP contribution is -2.11. The Hall–Kier alpha value is -1.09. The average molecular weight is 197 g/mol. The van der Waals surface area contributed by atoms with Gasteiger partial charge in [-0.05, 0) is 31.0 Å². The fourth-order valence-corrected chi connectivity index (χ4v) is 1.38. The van der Waals surface area contributed by atoms with Crippen LogP contribution >= 0.6 is 0 Å². The quantitative estimate of drug-likeness (QED) is 0.799. The van der Waals surface area contributed by atoms with Crippen molar-refractivity contribution in [2.75, 3.05) is 19.0 Å². The van der Waals surface area contributed by atoms with E-state index < -0.39 is 6.10 Å². The maximum Gasteiger partial charge on any atom is 0.146 e. The van der Waals surface area contributed by atoms with Gasteiger partial charge in [0.2, 0.25) is 0 Å². The van der Waals surface area contributed by atoms with E-state index in [4.69, 9.17) is 5.11 Å². The predicted octanol–water partition coefficient (Wildman–Crippen LogP) is 1.81. The van der Waals surface area contributed by atoms with Gasteiger partial charge in [0.25, 0.3) is 0 Å². The average Bonchev–Trinajstić information content (AvgIpc) is 2.01. The fourth-order valence-electron chi connectivity index (χ4n) is 1.38. The summed E-state index contributed by atoms with van der Waals surface area (Å²) in [6.45, 7) is 1.69. The van der Waals surface area contributed by atoms with E-state index in [1.807, 2.05) is 6.07 Å². The summed E-state index contributed by atoms with van der Waals surface area (Å²) >= 11 is 0. The summed E-state index contributed by atoms with van der Waals surface area (Å²) in [5.41, 5.74) is 1.39. The molecule has 1 rings (SSSR count). The van der Waals surface area contributed by atoms with E-state index >= 15 is 0 Å². The number of nitrogens with zero attached hydrogens (tertiary/aromatic N) is 1. The zero-order valence-corrected chi connectivity index (χ0v) is 8.79. The number of aliphatic hydroxyl groups excluding tert-OH is 1. The van der Waals surface area contributed by atoms with Gasteiger partial charge >= 0.3 is 0 Å². The lowest BCUT2D eigenvalue weighted by atomic mass is 10.1. The van der Waals surface area contributed by atoms with Crippen LogP contribution in [0.5, 0.6) is 0 Å². The maximum atomic E-state index is 13.4. The van der Waals surface area contributed by atoms with Gasteiger partial charge in [0.1, 0.15) is 5.82 Å². The highest BCUT2D eigenvalue weighted by Gasteiger charge is 2.06. The van der Waals surface area contributed by atoms with Gasteiger partial charge in [-0.15, -0.1) is 0 Å². The molecule has 0 saturated carbocycles. The molecule has 0 aromatic heterocycles. The number of hydrogen-bond donors (Lipinski definition) is 1. The van der Waals surface area contributed by atoms with Crippen LogP contribution < -0.4 is 4.90 Å². The van der Waals surface area contributed by atoms with Crippen LogP contribution in [0.3, 0.4) is 0 Å². The third-order valence-electron chi connectivity index (χ3n) is 2.03. The number of aliphatic hydroxyl groups is 1. The number of benzene rings is 1. The molecule has 14 heavy (non-hydrogen) atoms. The zero-order chi connectivity index (χ0) is 10.7. The molecule has 0 aliphatic rings. The molecule has 0 spiro atoms. The standard InChI is InChI=1S/C11H16FNO/c1-8(14)6-9-4-5-11(13(2)3)10(12)7-9/h4-5,7-8,14H,6H2,1-3H3/t8-/m1/s1. The van der Waals surface area contributed by atoms with Crippen LogP contribution in [0.2, 0.25) is 0 Å². The molecule has 0 aliphatic carbocycles. The Labute approximate surface area is 84.0 Å². The van der Waals surface area contributed by atoms with Crippen LogP contribution in [0, 0.1) is 5.82 Å². The second-order valence-corrected chi connectivity index (χ2v) is 3.73. The number of rotatable bonds is 3. The SMILES string of the molecule is C[C@@H](O)Cc1ccc(N(C)C)c(F)c1. The minimum absolute atomic E-state index is 0.242. The molecule has 1 atom stereocenters. The van der Waals surface area contributed by atoms with Crippen molar-refractivity contribution < 1.29 is 9.50 Å². The van der Waals surface area contributed by atoms with Gasteiger partial charge in [-0.25, -0.2) is 4.39 Å². The van der Waals surface area contributed by atoms with Crippen molar-refractivity contribution in [1.29, 1.82) is 0 Å². The first kappa shape index (κ1) is 11.0. The van der Waals surface area contributed by atoms with Gasteiger partial charge in [-0.3, -0.25) is 0 Å². The second kappa shape index (κ2) is 4.42. The van der Waals surface area contributed by atoms with E-state index in [1.165, 1.54) is 6.07 Å². The Kier molecular flexibility index (Phi) is 3.47. The molecule has 0 aliphatic heterocycles. The third kappa shape index (κ3) is 2.70. The molecule has 0 unspecified atom stereocenters. The highest BCUT2D eigenvalue weighted by Crippen LogP contribution is 2.18. The molecule has 0 bridgehead atoms. The molecule has 1 aromatic carbocycles. The summed E-state index contributed by atoms with van der Waals surface area (Å²) in [5, 5.41) is 9.14. The second-order valence-electron chi connectivity index (χ2n) is 3.73. The van der Waals surface area contributed by atoms with Crippen LogP contribution in [-0.2, 0) is 6.42 Å². The molecule has 3 heteroatoms. The van der Waals surface area contributed by atoms with Crippen molar-refractivity contribution in [1.82, 2.24) is 0 Å². The molecule has 0 fully saturated rings. The largest absolute Gasteiger partial charge is 0.393 e. The van der Waals surface area contributed by atoms with Crippen molar-refractivity contribution in [3.8, 4) is 0 Å². The molecule has 0 heterocycles. The summed E-state index contributed by atoms with van der Waals surface area (Å²) in [5.74, 6) is -0.242. The lowest BCUT2D eigenvalue weighted by Gasteiger charge is -2.14. The Morgan fingerprint density at radius 3 is 2.50 bits per heavy atom. The topological polar surface area (TPSA) is 23.5 Å². The third-order valence-corrected chi connectivity index (χ3v) is 2.03. The molecule has 78 valence electrons. The van der Waals surface area contributed by atoms with Crippen LogP contribution in [-0.4, -0.2) is 25.3 Å². The number of halogens is 1. The summed E-state index contributed by atoms with van der Waals surface area (Å²) < 4.78 is 13.4. The van der Waals surface area contributed by atoms with Gasteiger partial charge < -0.3 is 10.0 Å². The number of hydrogen-bond acceptors (Lipinski definition) is 2. The Morgan fingerprint density at radius 1 is 1.43 bits per heavy atom. The molecule has 2 nitrogen and oxygen atoms in total. The summed E-state index contributed by atoms with van der Waals surface area (Å²) in [6.07, 6.45) is 0.0598. The molecule has 0 saturated heterocycles. The first-order chi connectivity index (χ1) is 6.50. The molecular formula is C11H16FNO. The lowest BCUT2D eigenvalue weighted by molar-refractivity contribution is 0.195. The van der Waals surface area contributed by atoms with Crippen molar-refractivity contribution in [3.05, 3.63) is 29.6 Å². The van der Waals surface area contributed by atoms with Crippen LogP contribution in [0.1, 0.15) is 12.5 Å². The van der Waals surface area contributed by atoms with Crippen LogP contribution in [0.25, 0.3) is 0 Å². The van der Waals surface area contributed by atoms with Crippen molar-refractivity contribution in [2.24, 2.45) is 0 Å². The van der Waals surface area contributed by atoms with E-state index in [-0.39, 0.29) is 5.82 Å². The normalized spacial score (nSPS) is 12.6. The summed E-state index contributed by atoms with van der Waals surface area (Å²) in [6, 6.07) is 5.04. The predicted molar refractivity (Wildman–Crippen MR) is 56.1 cm³/mol. The first-order valence-corrected chi connectivity index (χ1v) is 4.64. The van der Waals surface area contributed by atoms with Crippen LogP contribution in [0.4, 0.5) is 10.1 Å². The van der Waals surface area contributed by atoms with Gasteiger partial charge in [0, 0.05) is 14.1 Å².